The lowest BCUT2D eigenvalue weighted by molar-refractivity contribution is -0.385. The number of benzene rings is 1. The van der Waals surface area contributed by atoms with Crippen molar-refractivity contribution in [2.75, 3.05) is 0 Å². The minimum atomic E-state index is -0.529. The third-order valence-electron chi connectivity index (χ3n) is 2.08. The third kappa shape index (κ3) is 2.91. The van der Waals surface area contributed by atoms with Crippen molar-refractivity contribution >= 4 is 28.9 Å². The Hall–Kier alpha value is -1.79. The standard InChI is InChI=1S/C10H7Cl2N3O3/c11-7-1-2-10(9(12)3-7)18-6-14-5-8(4-13-14)15(16)17/h1-5H,6H2. The van der Waals surface area contributed by atoms with Gasteiger partial charge in [0, 0.05) is 5.02 Å². The molecule has 2 aromatic rings. The van der Waals surface area contributed by atoms with Crippen LogP contribution in [0.15, 0.2) is 30.6 Å². The van der Waals surface area contributed by atoms with E-state index in [1.165, 1.54) is 10.9 Å². The highest BCUT2D eigenvalue weighted by Gasteiger charge is 2.09. The maximum atomic E-state index is 10.5. The molecule has 0 aliphatic heterocycles. The van der Waals surface area contributed by atoms with Crippen molar-refractivity contribution in [3.63, 3.8) is 0 Å². The molecule has 0 amide bonds. The molecule has 18 heavy (non-hydrogen) atoms. The Bertz CT molecular complexity index is 585. The van der Waals surface area contributed by atoms with Crippen LogP contribution in [0, 0.1) is 10.1 Å². The Labute approximate surface area is 112 Å². The second-order valence-electron chi connectivity index (χ2n) is 3.34. The number of hydrogen-bond acceptors (Lipinski definition) is 4. The van der Waals surface area contributed by atoms with E-state index in [1.807, 2.05) is 0 Å². The van der Waals surface area contributed by atoms with E-state index in [0.29, 0.717) is 15.8 Å². The first-order chi connectivity index (χ1) is 8.56. The molecule has 0 radical (unpaired) electrons. The molecule has 6 nitrogen and oxygen atoms in total. The first-order valence-electron chi connectivity index (χ1n) is 4.81. The first kappa shape index (κ1) is 12.7. The van der Waals surface area contributed by atoms with Crippen molar-refractivity contribution < 1.29 is 9.66 Å². The van der Waals surface area contributed by atoms with Crippen LogP contribution in [0.1, 0.15) is 0 Å². The largest absolute Gasteiger partial charge is 0.470 e. The van der Waals surface area contributed by atoms with E-state index < -0.39 is 4.92 Å². The zero-order chi connectivity index (χ0) is 13.1. The Kier molecular flexibility index (Phi) is 3.69. The van der Waals surface area contributed by atoms with Gasteiger partial charge < -0.3 is 4.74 Å². The average Bonchev–Trinajstić information content (AvgIpc) is 2.76. The van der Waals surface area contributed by atoms with Crippen LogP contribution in [0.3, 0.4) is 0 Å². The monoisotopic (exact) mass is 287 g/mol. The number of aromatic nitrogens is 2. The molecule has 2 rings (SSSR count). The fraction of sp³-hybridized carbons (Fsp3) is 0.100. The lowest BCUT2D eigenvalue weighted by atomic mass is 10.3. The van der Waals surface area contributed by atoms with Crippen LogP contribution in [0.4, 0.5) is 5.69 Å². The molecular formula is C10H7Cl2N3O3. The molecule has 1 heterocycles. The summed E-state index contributed by atoms with van der Waals surface area (Å²) in [5.41, 5.74) is -0.0965. The molecule has 0 aliphatic carbocycles. The summed E-state index contributed by atoms with van der Waals surface area (Å²) in [6, 6.07) is 4.79. The molecule has 0 N–H and O–H groups in total. The Morgan fingerprint density at radius 1 is 1.44 bits per heavy atom. The van der Waals surface area contributed by atoms with Gasteiger partial charge in [-0.1, -0.05) is 23.2 Å². The van der Waals surface area contributed by atoms with Gasteiger partial charge in [-0.2, -0.15) is 5.10 Å². The second-order valence-corrected chi connectivity index (χ2v) is 4.19. The number of hydrogen-bond donors (Lipinski definition) is 0. The predicted molar refractivity (Wildman–Crippen MR) is 66.0 cm³/mol. The number of ether oxygens (including phenoxy) is 1. The number of nitrogens with zero attached hydrogens (tertiary/aromatic N) is 3. The highest BCUT2D eigenvalue weighted by molar-refractivity contribution is 6.35. The first-order valence-corrected chi connectivity index (χ1v) is 5.56. The minimum Gasteiger partial charge on any atom is -0.470 e. The van der Waals surface area contributed by atoms with Crippen molar-refractivity contribution in [1.82, 2.24) is 9.78 Å². The quantitative estimate of drug-likeness (QED) is 0.640. The summed E-state index contributed by atoms with van der Waals surface area (Å²) < 4.78 is 6.65. The summed E-state index contributed by atoms with van der Waals surface area (Å²) in [6.07, 6.45) is 2.41. The summed E-state index contributed by atoms with van der Waals surface area (Å²) in [4.78, 5) is 9.93. The Morgan fingerprint density at radius 3 is 2.83 bits per heavy atom. The van der Waals surface area contributed by atoms with Gasteiger partial charge in [0.05, 0.1) is 9.95 Å². The smallest absolute Gasteiger partial charge is 0.307 e. The van der Waals surface area contributed by atoms with Crippen LogP contribution in [0.5, 0.6) is 5.75 Å². The summed E-state index contributed by atoms with van der Waals surface area (Å²) in [6.45, 7) is 0.0230. The molecule has 94 valence electrons. The number of nitro groups is 1. The Balaban J connectivity index is 2.04. The molecule has 1 aromatic heterocycles. The molecule has 0 fully saturated rings. The van der Waals surface area contributed by atoms with Crippen molar-refractivity contribution in [2.24, 2.45) is 0 Å². The highest BCUT2D eigenvalue weighted by atomic mass is 35.5. The second kappa shape index (κ2) is 5.24. The molecule has 8 heteroatoms. The van der Waals surface area contributed by atoms with E-state index in [1.54, 1.807) is 18.2 Å². The minimum absolute atomic E-state index is 0.0230. The van der Waals surface area contributed by atoms with Crippen LogP contribution < -0.4 is 4.74 Å². The lowest BCUT2D eigenvalue weighted by Crippen LogP contribution is -2.05. The fourth-order valence-corrected chi connectivity index (χ4v) is 1.71. The maximum Gasteiger partial charge on any atom is 0.307 e. The summed E-state index contributed by atoms with van der Waals surface area (Å²) in [7, 11) is 0. The van der Waals surface area contributed by atoms with E-state index in [-0.39, 0.29) is 12.4 Å². The van der Waals surface area contributed by atoms with Crippen LogP contribution in [-0.2, 0) is 6.73 Å². The van der Waals surface area contributed by atoms with Gasteiger partial charge in [0.25, 0.3) is 0 Å². The topological polar surface area (TPSA) is 70.2 Å². The summed E-state index contributed by atoms with van der Waals surface area (Å²) in [5, 5.41) is 15.1. The molecule has 0 saturated heterocycles. The lowest BCUT2D eigenvalue weighted by Gasteiger charge is -2.07. The van der Waals surface area contributed by atoms with Crippen molar-refractivity contribution in [3.05, 3.63) is 50.8 Å². The maximum absolute atomic E-state index is 10.5. The van der Waals surface area contributed by atoms with Crippen LogP contribution in [-0.4, -0.2) is 14.7 Å². The normalized spacial score (nSPS) is 10.3. The number of rotatable bonds is 4. The summed E-state index contributed by atoms with van der Waals surface area (Å²) in [5.74, 6) is 0.430. The van der Waals surface area contributed by atoms with Gasteiger partial charge in [-0.3, -0.25) is 10.1 Å². The van der Waals surface area contributed by atoms with Crippen molar-refractivity contribution in [1.29, 1.82) is 0 Å². The molecule has 0 saturated carbocycles. The van der Waals surface area contributed by atoms with Gasteiger partial charge >= 0.3 is 5.69 Å². The Morgan fingerprint density at radius 2 is 2.22 bits per heavy atom. The molecule has 0 bridgehead atoms. The zero-order valence-corrected chi connectivity index (χ0v) is 10.4. The third-order valence-corrected chi connectivity index (χ3v) is 2.61. The zero-order valence-electron chi connectivity index (χ0n) is 8.92. The fourth-order valence-electron chi connectivity index (χ4n) is 1.25. The van der Waals surface area contributed by atoms with Crippen molar-refractivity contribution in [2.45, 2.75) is 6.73 Å². The van der Waals surface area contributed by atoms with E-state index in [2.05, 4.69) is 5.10 Å². The van der Waals surface area contributed by atoms with Gasteiger partial charge in [-0.25, -0.2) is 4.68 Å². The number of halogens is 2. The highest BCUT2D eigenvalue weighted by Crippen LogP contribution is 2.27. The van der Waals surface area contributed by atoms with E-state index in [0.717, 1.165) is 6.20 Å². The van der Waals surface area contributed by atoms with Gasteiger partial charge in [-0.15, -0.1) is 0 Å². The SMILES string of the molecule is O=[N+]([O-])c1cnn(COc2ccc(Cl)cc2Cl)c1. The van der Waals surface area contributed by atoms with E-state index in [9.17, 15) is 10.1 Å². The van der Waals surface area contributed by atoms with Gasteiger partial charge in [0.1, 0.15) is 18.1 Å². The average molecular weight is 288 g/mol. The van der Waals surface area contributed by atoms with Crippen LogP contribution in [0.25, 0.3) is 0 Å². The van der Waals surface area contributed by atoms with Gasteiger partial charge in [0.2, 0.25) is 0 Å². The molecular weight excluding hydrogens is 281 g/mol. The predicted octanol–water partition coefficient (Wildman–Crippen LogP) is 3.13. The van der Waals surface area contributed by atoms with Crippen molar-refractivity contribution in [3.8, 4) is 5.75 Å². The van der Waals surface area contributed by atoms with E-state index in [4.69, 9.17) is 27.9 Å². The van der Waals surface area contributed by atoms with Crippen LogP contribution >= 0.6 is 23.2 Å². The van der Waals surface area contributed by atoms with E-state index >= 15 is 0 Å². The molecule has 1 aromatic carbocycles. The van der Waals surface area contributed by atoms with Crippen LogP contribution in [0.2, 0.25) is 10.0 Å². The molecule has 0 atom stereocenters. The molecule has 0 aliphatic rings. The van der Waals surface area contributed by atoms with Gasteiger partial charge in [0.15, 0.2) is 6.73 Å². The van der Waals surface area contributed by atoms with Gasteiger partial charge in [-0.05, 0) is 18.2 Å². The summed E-state index contributed by atoms with van der Waals surface area (Å²) >= 11 is 11.6. The molecule has 0 spiro atoms. The molecule has 0 unspecified atom stereocenters.